The number of carbonyl (C=O) groups excluding carboxylic acids is 1. The Hall–Kier alpha value is -0.610. The summed E-state index contributed by atoms with van der Waals surface area (Å²) in [5, 5.41) is 3.31. The van der Waals surface area contributed by atoms with Crippen molar-refractivity contribution in [2.75, 3.05) is 32.8 Å². The van der Waals surface area contributed by atoms with Gasteiger partial charge in [-0.15, -0.1) is 0 Å². The second kappa shape index (κ2) is 6.36. The molecule has 1 atom stereocenters. The van der Waals surface area contributed by atoms with Gasteiger partial charge in [-0.1, -0.05) is 20.8 Å². The van der Waals surface area contributed by atoms with Gasteiger partial charge in [0.25, 0.3) is 0 Å². The number of carbonyl (C=O) groups is 1. The fourth-order valence-corrected chi connectivity index (χ4v) is 2.25. The number of amides is 1. The van der Waals surface area contributed by atoms with Gasteiger partial charge in [-0.05, 0) is 39.4 Å². The van der Waals surface area contributed by atoms with Crippen molar-refractivity contribution in [2.24, 2.45) is 0 Å². The van der Waals surface area contributed by atoms with Crippen molar-refractivity contribution in [3.8, 4) is 0 Å². The minimum Gasteiger partial charge on any atom is -0.328 e. The molecule has 0 aromatic carbocycles. The van der Waals surface area contributed by atoms with E-state index in [2.05, 4.69) is 31.0 Å². The van der Waals surface area contributed by atoms with Crippen molar-refractivity contribution < 1.29 is 4.79 Å². The molecule has 0 bridgehead atoms. The maximum atomic E-state index is 12.1. The van der Waals surface area contributed by atoms with Crippen molar-refractivity contribution in [3.63, 3.8) is 0 Å². The molecule has 1 rings (SSSR count). The second-order valence-corrected chi connectivity index (χ2v) is 4.97. The van der Waals surface area contributed by atoms with Gasteiger partial charge in [0.1, 0.15) is 0 Å². The molecule has 4 heteroatoms. The van der Waals surface area contributed by atoms with E-state index >= 15 is 0 Å². The zero-order chi connectivity index (χ0) is 12.9. The van der Waals surface area contributed by atoms with Crippen LogP contribution in [0.1, 0.15) is 40.5 Å². The maximum Gasteiger partial charge on any atom is 0.243 e. The highest BCUT2D eigenvalue weighted by Gasteiger charge is 2.40. The first kappa shape index (κ1) is 14.5. The van der Waals surface area contributed by atoms with Gasteiger partial charge in [-0.25, -0.2) is 0 Å². The smallest absolute Gasteiger partial charge is 0.243 e. The first-order valence-electron chi connectivity index (χ1n) is 6.84. The third-order valence-electron chi connectivity index (χ3n) is 3.92. The number of nitrogens with zero attached hydrogens (tertiary/aromatic N) is 2. The van der Waals surface area contributed by atoms with Crippen molar-refractivity contribution in [2.45, 2.75) is 46.1 Å². The molecule has 1 unspecified atom stereocenters. The molecule has 1 amide bonds. The van der Waals surface area contributed by atoms with Crippen LogP contribution in [0.15, 0.2) is 0 Å². The Morgan fingerprint density at radius 2 is 2.00 bits per heavy atom. The molecule has 1 N–H and O–H groups in total. The van der Waals surface area contributed by atoms with E-state index in [0.717, 1.165) is 39.0 Å². The maximum absolute atomic E-state index is 12.1. The van der Waals surface area contributed by atoms with Crippen molar-refractivity contribution in [3.05, 3.63) is 0 Å². The normalized spacial score (nSPS) is 25.0. The molecule has 0 spiro atoms. The number of hydrogen-bond acceptors (Lipinski definition) is 3. The molecule has 4 nitrogen and oxygen atoms in total. The van der Waals surface area contributed by atoms with Crippen LogP contribution in [0.2, 0.25) is 0 Å². The summed E-state index contributed by atoms with van der Waals surface area (Å²) in [6, 6.07) is 0. The van der Waals surface area contributed by atoms with Crippen molar-refractivity contribution >= 4 is 5.91 Å². The molecule has 0 aromatic heterocycles. The van der Waals surface area contributed by atoms with Crippen LogP contribution in [-0.2, 0) is 4.79 Å². The van der Waals surface area contributed by atoms with Crippen LogP contribution in [0.5, 0.6) is 0 Å². The lowest BCUT2D eigenvalue weighted by Crippen LogP contribution is -2.43. The molecule has 0 radical (unpaired) electrons. The molecule has 0 aliphatic carbocycles. The molecular formula is C13H27N3O. The Labute approximate surface area is 105 Å². The highest BCUT2D eigenvalue weighted by molar-refractivity contribution is 5.87. The fraction of sp³-hybridized carbons (Fsp3) is 0.923. The largest absolute Gasteiger partial charge is 0.328 e. The first-order chi connectivity index (χ1) is 8.07. The molecule has 1 saturated heterocycles. The zero-order valence-corrected chi connectivity index (χ0v) is 11.8. The summed E-state index contributed by atoms with van der Waals surface area (Å²) in [4.78, 5) is 16.5. The summed E-state index contributed by atoms with van der Waals surface area (Å²) < 4.78 is 0. The van der Waals surface area contributed by atoms with Crippen molar-refractivity contribution in [1.29, 1.82) is 0 Å². The van der Waals surface area contributed by atoms with Gasteiger partial charge in [0.2, 0.25) is 5.91 Å². The van der Waals surface area contributed by atoms with Crippen molar-refractivity contribution in [1.82, 2.24) is 15.1 Å². The monoisotopic (exact) mass is 241 g/mol. The van der Waals surface area contributed by atoms with Crippen LogP contribution in [-0.4, -0.2) is 54.1 Å². The summed E-state index contributed by atoms with van der Waals surface area (Å²) in [7, 11) is 0. The first-order valence-corrected chi connectivity index (χ1v) is 6.84. The summed E-state index contributed by atoms with van der Waals surface area (Å²) in [5.41, 5.74) is -0.324. The Kier molecular flexibility index (Phi) is 5.40. The predicted molar refractivity (Wildman–Crippen MR) is 70.8 cm³/mol. The summed E-state index contributed by atoms with van der Waals surface area (Å²) in [6.07, 6.45) is 1.92. The van der Waals surface area contributed by atoms with Crippen LogP contribution in [0.3, 0.4) is 0 Å². The van der Waals surface area contributed by atoms with E-state index in [1.54, 1.807) is 0 Å². The van der Waals surface area contributed by atoms with Gasteiger partial charge < -0.3 is 9.80 Å². The number of hydrogen-bond donors (Lipinski definition) is 1. The highest BCUT2D eigenvalue weighted by Crippen LogP contribution is 2.19. The summed E-state index contributed by atoms with van der Waals surface area (Å²) >= 11 is 0. The van der Waals surface area contributed by atoms with Crippen LogP contribution >= 0.6 is 0 Å². The Morgan fingerprint density at radius 1 is 1.35 bits per heavy atom. The minimum absolute atomic E-state index is 0.263. The van der Waals surface area contributed by atoms with Crippen LogP contribution in [0.25, 0.3) is 0 Å². The van der Waals surface area contributed by atoms with E-state index in [9.17, 15) is 4.79 Å². The molecule has 17 heavy (non-hydrogen) atoms. The number of rotatable bonds is 7. The van der Waals surface area contributed by atoms with Gasteiger partial charge in [-0.3, -0.25) is 10.1 Å². The van der Waals surface area contributed by atoms with Gasteiger partial charge in [-0.2, -0.15) is 0 Å². The minimum atomic E-state index is -0.324. The fourth-order valence-electron chi connectivity index (χ4n) is 2.25. The van der Waals surface area contributed by atoms with E-state index in [4.69, 9.17) is 0 Å². The average molecular weight is 241 g/mol. The highest BCUT2D eigenvalue weighted by atomic mass is 16.2. The number of nitrogens with one attached hydrogen (secondary N) is 1. The van der Waals surface area contributed by atoms with Gasteiger partial charge >= 0.3 is 0 Å². The lowest BCUT2D eigenvalue weighted by molar-refractivity contribution is -0.132. The Balaban J connectivity index is 2.32. The molecule has 0 aromatic rings. The second-order valence-electron chi connectivity index (χ2n) is 4.97. The lowest BCUT2D eigenvalue weighted by Gasteiger charge is -2.22. The molecule has 1 fully saturated rings. The summed E-state index contributed by atoms with van der Waals surface area (Å²) in [6.45, 7) is 13.3. The average Bonchev–Trinajstić information content (AvgIpc) is 2.63. The van der Waals surface area contributed by atoms with E-state index in [1.807, 2.05) is 11.8 Å². The van der Waals surface area contributed by atoms with E-state index in [-0.39, 0.29) is 11.4 Å². The molecule has 1 heterocycles. The Bertz CT molecular complexity index is 253. The van der Waals surface area contributed by atoms with E-state index in [0.29, 0.717) is 6.67 Å². The third-order valence-corrected chi connectivity index (χ3v) is 3.92. The van der Waals surface area contributed by atoms with Gasteiger partial charge in [0, 0.05) is 6.54 Å². The molecular weight excluding hydrogens is 214 g/mol. The molecule has 1 aliphatic heterocycles. The zero-order valence-electron chi connectivity index (χ0n) is 11.8. The van der Waals surface area contributed by atoms with Crippen LogP contribution in [0, 0.1) is 0 Å². The quantitative estimate of drug-likeness (QED) is 0.729. The molecule has 1 aliphatic rings. The lowest BCUT2D eigenvalue weighted by atomic mass is 9.99. The van der Waals surface area contributed by atoms with E-state index < -0.39 is 0 Å². The third kappa shape index (κ3) is 3.42. The molecule has 0 saturated carbocycles. The van der Waals surface area contributed by atoms with Gasteiger partial charge in [0.15, 0.2) is 0 Å². The molecule has 100 valence electrons. The van der Waals surface area contributed by atoms with Crippen LogP contribution in [0.4, 0.5) is 0 Å². The predicted octanol–water partition coefficient (Wildman–Crippen LogP) is 1.28. The standard InChI is InChI=1S/C13H27N3O/c1-5-13(4)12(17)16(11-14-13)10-8-9-15(6-2)7-3/h14H,5-11H2,1-4H3. The van der Waals surface area contributed by atoms with Gasteiger partial charge in [0.05, 0.1) is 12.2 Å². The summed E-state index contributed by atoms with van der Waals surface area (Å²) in [5.74, 6) is 0.263. The van der Waals surface area contributed by atoms with Crippen LogP contribution < -0.4 is 5.32 Å². The Morgan fingerprint density at radius 3 is 2.47 bits per heavy atom. The topological polar surface area (TPSA) is 35.6 Å². The van der Waals surface area contributed by atoms with E-state index in [1.165, 1.54) is 0 Å². The SMILES string of the molecule is CCN(CC)CCCN1CNC(C)(CC)C1=O.